The highest BCUT2D eigenvalue weighted by Crippen LogP contribution is 2.16. The molecule has 262 valence electrons. The van der Waals surface area contributed by atoms with Gasteiger partial charge in [-0.3, -0.25) is 30.0 Å². The van der Waals surface area contributed by atoms with Gasteiger partial charge in [-0.15, -0.1) is 10.1 Å². The summed E-state index contributed by atoms with van der Waals surface area (Å²) in [7, 11) is 0. The quantitative estimate of drug-likeness (QED) is 0.231. The minimum absolute atomic E-state index is 0. The Hall–Kier alpha value is -5.26. The molecule has 2 heterocycles. The normalized spacial score (nSPS) is 14.1. The molecular formula is C29H44N6O12. The number of carbonyl (C=O) groups excluding carboxylic acids is 8. The predicted molar refractivity (Wildman–Crippen MR) is 164 cm³/mol. The largest absolute Gasteiger partial charge is 0.443 e. The van der Waals surface area contributed by atoms with Crippen molar-refractivity contribution in [1.29, 1.82) is 0 Å². The molecular weight excluding hydrogens is 624 g/mol. The van der Waals surface area contributed by atoms with Gasteiger partial charge >= 0.3 is 24.1 Å². The third-order valence-electron chi connectivity index (χ3n) is 5.03. The Bertz CT molecular complexity index is 1290. The summed E-state index contributed by atoms with van der Waals surface area (Å²) >= 11 is 0. The van der Waals surface area contributed by atoms with E-state index in [9.17, 15) is 38.4 Å². The Balaban J connectivity index is 0.000000884. The van der Waals surface area contributed by atoms with Crippen molar-refractivity contribution in [3.8, 4) is 0 Å². The molecule has 3 rings (SSSR count). The van der Waals surface area contributed by atoms with Crippen LogP contribution in [0.5, 0.6) is 0 Å². The maximum atomic E-state index is 11.9. The van der Waals surface area contributed by atoms with E-state index in [4.69, 9.17) is 14.3 Å². The van der Waals surface area contributed by atoms with Crippen molar-refractivity contribution < 1.29 is 57.5 Å². The van der Waals surface area contributed by atoms with Gasteiger partial charge in [0.05, 0.1) is 11.3 Å². The van der Waals surface area contributed by atoms with Crippen LogP contribution in [0.4, 0.5) is 15.3 Å². The second-order valence-corrected chi connectivity index (χ2v) is 11.3. The van der Waals surface area contributed by atoms with Gasteiger partial charge in [-0.1, -0.05) is 14.9 Å². The number of hydroxylamine groups is 4. The second kappa shape index (κ2) is 18.0. The van der Waals surface area contributed by atoms with E-state index in [1.807, 2.05) is 0 Å². The van der Waals surface area contributed by atoms with Crippen molar-refractivity contribution in [3.05, 3.63) is 29.8 Å². The van der Waals surface area contributed by atoms with E-state index >= 15 is 0 Å². The summed E-state index contributed by atoms with van der Waals surface area (Å²) in [6, 6.07) is 5.88. The first-order valence-corrected chi connectivity index (χ1v) is 13.6. The molecule has 18 heteroatoms. The van der Waals surface area contributed by atoms with Crippen LogP contribution in [-0.4, -0.2) is 75.6 Å². The molecule has 2 saturated heterocycles. The van der Waals surface area contributed by atoms with E-state index in [2.05, 4.69) is 26.5 Å². The van der Waals surface area contributed by atoms with Crippen LogP contribution in [0.3, 0.4) is 0 Å². The Morgan fingerprint density at radius 2 is 1.06 bits per heavy atom. The molecule has 6 amide bonds. The van der Waals surface area contributed by atoms with Crippen molar-refractivity contribution in [1.82, 2.24) is 26.4 Å². The lowest BCUT2D eigenvalue weighted by Crippen LogP contribution is -2.45. The summed E-state index contributed by atoms with van der Waals surface area (Å²) in [6.07, 6.45) is -1.30. The number of nitrogens with one attached hydrogen (secondary N) is 4. The standard InChI is InChI=1S/C16H19N3O6.C11H17N3O6.2CH4/c1-16(2,3)24-15(23)18-17-11-6-4-10(5-7-11)14(22)25-19-12(20)8-9-13(19)21;1-11(2,3)19-10(18)13-12-6-9(17)20-14-7(15)4-5-8(14)16;;/h4-7,17H,8-9H2,1-3H3,(H,18,23);12H,4-6H2,1-3H3,(H,13,18);2*1H4. The highest BCUT2D eigenvalue weighted by Gasteiger charge is 2.34. The van der Waals surface area contributed by atoms with Gasteiger partial charge < -0.3 is 19.1 Å². The maximum absolute atomic E-state index is 11.9. The minimum atomic E-state index is -0.885. The number of ether oxygens (including phenoxy) is 2. The second-order valence-electron chi connectivity index (χ2n) is 11.3. The molecule has 2 aliphatic heterocycles. The number of hydrazine groups is 2. The van der Waals surface area contributed by atoms with Crippen LogP contribution < -0.4 is 21.7 Å². The van der Waals surface area contributed by atoms with Crippen LogP contribution in [0.25, 0.3) is 0 Å². The highest BCUT2D eigenvalue weighted by molar-refractivity contribution is 6.03. The summed E-state index contributed by atoms with van der Waals surface area (Å²) in [6.45, 7) is 9.85. The Morgan fingerprint density at radius 1 is 0.660 bits per heavy atom. The van der Waals surface area contributed by atoms with Crippen molar-refractivity contribution in [2.75, 3.05) is 12.0 Å². The monoisotopic (exact) mass is 668 g/mol. The van der Waals surface area contributed by atoms with Crippen molar-refractivity contribution in [3.63, 3.8) is 0 Å². The molecule has 1 aromatic rings. The molecule has 0 aromatic heterocycles. The molecule has 47 heavy (non-hydrogen) atoms. The zero-order valence-corrected chi connectivity index (χ0v) is 25.6. The molecule has 0 aliphatic carbocycles. The van der Waals surface area contributed by atoms with Crippen LogP contribution in [0.15, 0.2) is 24.3 Å². The Labute approximate surface area is 272 Å². The summed E-state index contributed by atoms with van der Waals surface area (Å²) in [5, 5.41) is 0.913. The Kier molecular flexibility index (Phi) is 16.0. The number of rotatable bonds is 8. The van der Waals surface area contributed by atoms with Crippen LogP contribution in [0.1, 0.15) is 92.4 Å². The van der Waals surface area contributed by atoms with Crippen molar-refractivity contribution in [2.24, 2.45) is 0 Å². The number of hydrogen-bond acceptors (Lipinski definition) is 14. The summed E-state index contributed by atoms with van der Waals surface area (Å²) in [5.74, 6) is -3.93. The van der Waals surface area contributed by atoms with Gasteiger partial charge in [0, 0.05) is 25.7 Å². The molecule has 1 aromatic carbocycles. The van der Waals surface area contributed by atoms with Crippen LogP contribution in [0.2, 0.25) is 0 Å². The molecule has 0 atom stereocenters. The van der Waals surface area contributed by atoms with Crippen molar-refractivity contribution in [2.45, 2.75) is 93.3 Å². The van der Waals surface area contributed by atoms with E-state index in [-0.39, 0.29) is 46.1 Å². The van der Waals surface area contributed by atoms with Crippen molar-refractivity contribution >= 4 is 53.4 Å². The number of imide groups is 2. The van der Waals surface area contributed by atoms with E-state index in [1.165, 1.54) is 24.3 Å². The van der Waals surface area contributed by atoms with E-state index < -0.39 is 65.5 Å². The number of carbonyl (C=O) groups is 8. The number of benzene rings is 1. The molecule has 2 aliphatic rings. The predicted octanol–water partition coefficient (Wildman–Crippen LogP) is 2.65. The fraction of sp³-hybridized carbons (Fsp3) is 0.517. The lowest BCUT2D eigenvalue weighted by molar-refractivity contribution is -0.196. The first kappa shape index (κ1) is 41.7. The number of nitrogens with zero attached hydrogens (tertiary/aromatic N) is 2. The number of amides is 6. The lowest BCUT2D eigenvalue weighted by Gasteiger charge is -2.20. The fourth-order valence-corrected chi connectivity index (χ4v) is 3.19. The highest BCUT2D eigenvalue weighted by atomic mass is 16.7. The van der Waals surface area contributed by atoms with E-state index in [1.54, 1.807) is 41.5 Å². The van der Waals surface area contributed by atoms with Gasteiger partial charge in [0.25, 0.3) is 23.6 Å². The fourth-order valence-electron chi connectivity index (χ4n) is 3.19. The summed E-state index contributed by atoms with van der Waals surface area (Å²) in [5.41, 5.74) is 8.71. The molecule has 0 spiro atoms. The number of hydrogen-bond donors (Lipinski definition) is 4. The lowest BCUT2D eigenvalue weighted by atomic mass is 10.2. The minimum Gasteiger partial charge on any atom is -0.443 e. The molecule has 0 radical (unpaired) electrons. The van der Waals surface area contributed by atoms with Crippen LogP contribution in [-0.2, 0) is 43.1 Å². The first-order valence-electron chi connectivity index (χ1n) is 13.6. The number of anilines is 1. The Morgan fingerprint density at radius 3 is 1.49 bits per heavy atom. The molecule has 0 bridgehead atoms. The SMILES string of the molecule is C.C.CC(C)(C)OC(=O)NNCC(=O)ON1C(=O)CCC1=O.CC(C)(C)OC(=O)NNc1ccc(C(=O)ON2C(=O)CCC2=O)cc1. The molecule has 4 N–H and O–H groups in total. The third kappa shape index (κ3) is 15.0. The van der Waals surface area contributed by atoms with Gasteiger partial charge in [-0.2, -0.15) is 0 Å². The average Bonchev–Trinajstić information content (AvgIpc) is 3.41. The van der Waals surface area contributed by atoms with Crippen LogP contribution in [0, 0.1) is 0 Å². The molecule has 0 unspecified atom stereocenters. The van der Waals surface area contributed by atoms with Crippen LogP contribution >= 0.6 is 0 Å². The maximum Gasteiger partial charge on any atom is 0.426 e. The smallest absolute Gasteiger partial charge is 0.426 e. The topological polar surface area (TPSA) is 228 Å². The first-order chi connectivity index (χ1) is 20.8. The third-order valence-corrected chi connectivity index (χ3v) is 5.03. The van der Waals surface area contributed by atoms with Gasteiger partial charge in [0.15, 0.2) is 0 Å². The summed E-state index contributed by atoms with van der Waals surface area (Å²) in [4.78, 5) is 101. The summed E-state index contributed by atoms with van der Waals surface area (Å²) < 4.78 is 9.96. The average molecular weight is 669 g/mol. The molecule has 18 nitrogen and oxygen atoms in total. The van der Waals surface area contributed by atoms with Gasteiger partial charge in [-0.25, -0.2) is 30.0 Å². The molecule has 0 saturated carbocycles. The van der Waals surface area contributed by atoms with E-state index in [0.717, 1.165) is 0 Å². The van der Waals surface area contributed by atoms with Gasteiger partial charge in [-0.05, 0) is 65.8 Å². The molecule has 2 fully saturated rings. The zero-order chi connectivity index (χ0) is 33.9. The van der Waals surface area contributed by atoms with E-state index in [0.29, 0.717) is 15.8 Å². The zero-order valence-electron chi connectivity index (χ0n) is 25.6. The van der Waals surface area contributed by atoms with Gasteiger partial charge in [0.2, 0.25) is 0 Å². The van der Waals surface area contributed by atoms with Gasteiger partial charge in [0.1, 0.15) is 17.7 Å².